The van der Waals surface area contributed by atoms with Crippen LogP contribution in [0.1, 0.15) is 47.4 Å². The lowest BCUT2D eigenvalue weighted by atomic mass is 9.87. The van der Waals surface area contributed by atoms with Gasteiger partial charge in [-0.2, -0.15) is 0 Å². The molecule has 1 N–H and O–H groups in total. The molecule has 4 aromatic rings. The van der Waals surface area contributed by atoms with E-state index in [1.54, 1.807) is 0 Å². The number of hydrogen-bond donors (Lipinski definition) is 1. The Kier molecular flexibility index (Phi) is 5.24. The van der Waals surface area contributed by atoms with E-state index < -0.39 is 0 Å². The van der Waals surface area contributed by atoms with Crippen molar-refractivity contribution < 1.29 is 4.79 Å². The first-order chi connectivity index (χ1) is 13.9. The molecule has 0 saturated heterocycles. The highest BCUT2D eigenvalue weighted by atomic mass is 32.1. The van der Waals surface area contributed by atoms with Gasteiger partial charge in [-0.05, 0) is 40.1 Å². The van der Waals surface area contributed by atoms with Crippen LogP contribution in [0.3, 0.4) is 0 Å². The molecule has 2 aromatic heterocycles. The van der Waals surface area contributed by atoms with Crippen LogP contribution < -0.4 is 5.32 Å². The maximum absolute atomic E-state index is 12.4. The van der Waals surface area contributed by atoms with Crippen LogP contribution in [0.15, 0.2) is 66.0 Å². The Morgan fingerprint density at radius 3 is 2.48 bits per heavy atom. The van der Waals surface area contributed by atoms with E-state index in [0.717, 1.165) is 23.4 Å². The van der Waals surface area contributed by atoms with Crippen molar-refractivity contribution >= 4 is 28.3 Å². The lowest BCUT2D eigenvalue weighted by Crippen LogP contribution is -2.24. The summed E-state index contributed by atoms with van der Waals surface area (Å²) < 4.78 is 2.19. The van der Waals surface area contributed by atoms with Crippen molar-refractivity contribution in [3.63, 3.8) is 0 Å². The number of rotatable bonds is 5. The molecule has 0 aliphatic carbocycles. The Hall–Kier alpha value is -2.92. The zero-order valence-corrected chi connectivity index (χ0v) is 17.8. The second-order valence-corrected chi connectivity index (χ2v) is 9.16. The van der Waals surface area contributed by atoms with E-state index in [2.05, 4.69) is 61.0 Å². The summed E-state index contributed by atoms with van der Waals surface area (Å²) in [5.41, 5.74) is 4.69. The Balaban J connectivity index is 1.60. The maximum atomic E-state index is 12.4. The number of carbonyl (C=O) groups is 1. The molecule has 5 heteroatoms. The molecule has 4 nitrogen and oxygen atoms in total. The minimum absolute atomic E-state index is 0.0619. The average Bonchev–Trinajstić information content (AvgIpc) is 3.35. The van der Waals surface area contributed by atoms with E-state index in [4.69, 9.17) is 4.98 Å². The molecular weight excluding hydrogens is 378 g/mol. The van der Waals surface area contributed by atoms with Gasteiger partial charge < -0.3 is 9.88 Å². The molecule has 0 aliphatic heterocycles. The Morgan fingerprint density at radius 1 is 1.03 bits per heavy atom. The highest BCUT2D eigenvalue weighted by Gasteiger charge is 2.15. The molecule has 1 amide bonds. The van der Waals surface area contributed by atoms with Gasteiger partial charge in [0.05, 0.1) is 22.5 Å². The summed E-state index contributed by atoms with van der Waals surface area (Å²) in [7, 11) is 0. The van der Waals surface area contributed by atoms with Crippen LogP contribution in [0.5, 0.6) is 0 Å². The number of amides is 1. The largest absolute Gasteiger partial charge is 0.344 e. The van der Waals surface area contributed by atoms with Crippen molar-refractivity contribution in [3.8, 4) is 0 Å². The predicted molar refractivity (Wildman–Crippen MR) is 119 cm³/mol. The van der Waals surface area contributed by atoms with E-state index in [-0.39, 0.29) is 11.3 Å². The summed E-state index contributed by atoms with van der Waals surface area (Å²) in [5.74, 6) is 0.796. The monoisotopic (exact) mass is 403 g/mol. The van der Waals surface area contributed by atoms with Gasteiger partial charge in [-0.15, -0.1) is 11.3 Å². The number of fused-ring (bicyclic) bond motifs is 1. The molecule has 0 fully saturated rings. The SMILES string of the molecule is CC(C)(C)c1ccc(Cn2c(CNC(=O)c3cccs3)nc3ccccc32)cc1. The van der Waals surface area contributed by atoms with Crippen molar-refractivity contribution in [1.29, 1.82) is 0 Å². The van der Waals surface area contributed by atoms with Crippen LogP contribution in [0.25, 0.3) is 11.0 Å². The summed E-state index contributed by atoms with van der Waals surface area (Å²) in [6.07, 6.45) is 0. The summed E-state index contributed by atoms with van der Waals surface area (Å²) in [6.45, 7) is 7.78. The molecule has 148 valence electrons. The third-order valence-electron chi connectivity index (χ3n) is 5.05. The zero-order chi connectivity index (χ0) is 20.4. The average molecular weight is 404 g/mol. The normalized spacial score (nSPS) is 11.7. The number of thiophene rings is 1. The second-order valence-electron chi connectivity index (χ2n) is 8.21. The lowest BCUT2D eigenvalue weighted by molar-refractivity contribution is 0.0953. The third-order valence-corrected chi connectivity index (χ3v) is 5.91. The number of nitrogens with one attached hydrogen (secondary N) is 1. The lowest BCUT2D eigenvalue weighted by Gasteiger charge is -2.19. The number of nitrogens with zero attached hydrogens (tertiary/aromatic N) is 2. The number of imidazole rings is 1. The maximum Gasteiger partial charge on any atom is 0.261 e. The zero-order valence-electron chi connectivity index (χ0n) is 17.0. The molecule has 0 atom stereocenters. The molecule has 4 rings (SSSR count). The van der Waals surface area contributed by atoms with Gasteiger partial charge in [-0.1, -0.05) is 63.2 Å². The number of para-hydroxylation sites is 2. The van der Waals surface area contributed by atoms with Gasteiger partial charge in [0.2, 0.25) is 0 Å². The van der Waals surface area contributed by atoms with Gasteiger partial charge >= 0.3 is 0 Å². The van der Waals surface area contributed by atoms with Crippen LogP contribution in [0.2, 0.25) is 0 Å². The summed E-state index contributed by atoms with van der Waals surface area (Å²) in [6, 6.07) is 20.6. The van der Waals surface area contributed by atoms with Crippen molar-refractivity contribution in [2.75, 3.05) is 0 Å². The first kappa shape index (κ1) is 19.4. The molecule has 2 heterocycles. The Bertz CT molecular complexity index is 1120. The van der Waals surface area contributed by atoms with Gasteiger partial charge in [0, 0.05) is 6.54 Å². The molecule has 0 unspecified atom stereocenters. The minimum atomic E-state index is -0.0619. The van der Waals surface area contributed by atoms with E-state index in [9.17, 15) is 4.79 Å². The van der Waals surface area contributed by atoms with E-state index in [1.165, 1.54) is 22.5 Å². The van der Waals surface area contributed by atoms with Crippen LogP contribution in [0.4, 0.5) is 0 Å². The number of aromatic nitrogens is 2. The Morgan fingerprint density at radius 2 is 1.79 bits per heavy atom. The number of hydrogen-bond acceptors (Lipinski definition) is 3. The fraction of sp³-hybridized carbons (Fsp3) is 0.250. The molecule has 2 aromatic carbocycles. The van der Waals surface area contributed by atoms with Gasteiger partial charge in [0.15, 0.2) is 0 Å². The quantitative estimate of drug-likeness (QED) is 0.487. The topological polar surface area (TPSA) is 46.9 Å². The molecule has 0 spiro atoms. The second kappa shape index (κ2) is 7.84. The van der Waals surface area contributed by atoms with Crippen molar-refractivity contribution in [1.82, 2.24) is 14.9 Å². The first-order valence-electron chi connectivity index (χ1n) is 9.77. The fourth-order valence-electron chi connectivity index (χ4n) is 3.38. The van der Waals surface area contributed by atoms with Crippen LogP contribution in [-0.2, 0) is 18.5 Å². The van der Waals surface area contributed by atoms with Crippen molar-refractivity contribution in [2.45, 2.75) is 39.3 Å². The predicted octanol–water partition coefficient (Wildman–Crippen LogP) is 5.37. The highest BCUT2D eigenvalue weighted by molar-refractivity contribution is 7.12. The summed E-state index contributed by atoms with van der Waals surface area (Å²) in [4.78, 5) is 17.8. The summed E-state index contributed by atoms with van der Waals surface area (Å²) >= 11 is 1.44. The molecule has 0 bridgehead atoms. The van der Waals surface area contributed by atoms with Crippen molar-refractivity contribution in [2.24, 2.45) is 0 Å². The number of benzene rings is 2. The van der Waals surface area contributed by atoms with Gasteiger partial charge in [-0.3, -0.25) is 4.79 Å². The molecule has 0 aliphatic rings. The standard InChI is InChI=1S/C24H25N3OS/c1-24(2,3)18-12-10-17(11-13-18)16-27-20-8-5-4-7-19(20)26-22(27)15-25-23(28)21-9-6-14-29-21/h4-14H,15-16H2,1-3H3,(H,25,28). The van der Waals surface area contributed by atoms with E-state index in [0.29, 0.717) is 11.4 Å². The van der Waals surface area contributed by atoms with Gasteiger partial charge in [0.1, 0.15) is 5.82 Å². The van der Waals surface area contributed by atoms with Crippen molar-refractivity contribution in [3.05, 3.63) is 87.9 Å². The molecule has 0 radical (unpaired) electrons. The third kappa shape index (κ3) is 4.25. The smallest absolute Gasteiger partial charge is 0.261 e. The molecule has 29 heavy (non-hydrogen) atoms. The Labute approximate surface area is 175 Å². The minimum Gasteiger partial charge on any atom is -0.344 e. The van der Waals surface area contributed by atoms with Gasteiger partial charge in [0.25, 0.3) is 5.91 Å². The summed E-state index contributed by atoms with van der Waals surface area (Å²) in [5, 5.41) is 4.91. The van der Waals surface area contributed by atoms with Crippen LogP contribution in [-0.4, -0.2) is 15.5 Å². The highest BCUT2D eigenvalue weighted by Crippen LogP contribution is 2.23. The van der Waals surface area contributed by atoms with Gasteiger partial charge in [-0.25, -0.2) is 4.98 Å². The molecular formula is C24H25N3OS. The molecule has 0 saturated carbocycles. The number of carbonyl (C=O) groups excluding carboxylic acids is 1. The first-order valence-corrected chi connectivity index (χ1v) is 10.6. The van der Waals surface area contributed by atoms with E-state index >= 15 is 0 Å². The van der Waals surface area contributed by atoms with E-state index in [1.807, 2.05) is 35.7 Å². The van der Waals surface area contributed by atoms with Crippen LogP contribution >= 0.6 is 11.3 Å². The van der Waals surface area contributed by atoms with Crippen LogP contribution in [0, 0.1) is 0 Å². The fourth-order valence-corrected chi connectivity index (χ4v) is 4.02.